The fourth-order valence-corrected chi connectivity index (χ4v) is 2.74. The average molecular weight is 428 g/mol. The zero-order chi connectivity index (χ0) is 22.6. The average Bonchev–Trinajstić information content (AvgIpc) is 2.78. The molecule has 0 amide bonds. The van der Waals surface area contributed by atoms with Gasteiger partial charge in [0.05, 0.1) is 24.4 Å². The number of benzene rings is 2. The molecule has 1 aromatic heterocycles. The van der Waals surface area contributed by atoms with Crippen LogP contribution in [0.1, 0.15) is 27.7 Å². The third-order valence-electron chi connectivity index (χ3n) is 4.28. The second-order valence-corrected chi connectivity index (χ2v) is 6.31. The van der Waals surface area contributed by atoms with Gasteiger partial charge in [0.1, 0.15) is 17.2 Å². The molecule has 0 aliphatic heterocycles. The molecule has 0 saturated heterocycles. The monoisotopic (exact) mass is 428 g/mol. The zero-order valence-corrected chi connectivity index (χ0v) is 16.1. The van der Waals surface area contributed by atoms with Crippen molar-refractivity contribution in [2.24, 2.45) is 0 Å². The van der Waals surface area contributed by atoms with Crippen LogP contribution in [0.3, 0.4) is 0 Å². The lowest BCUT2D eigenvalue weighted by Crippen LogP contribution is -2.07. The lowest BCUT2D eigenvalue weighted by Gasteiger charge is -2.15. The Bertz CT molecular complexity index is 1140. The maximum atomic E-state index is 13.0. The number of alkyl halides is 3. The number of aliphatic hydroxyl groups excluding tert-OH is 1. The molecule has 0 fully saturated rings. The fraction of sp³-hybridized carbons (Fsp3) is 0.136. The van der Waals surface area contributed by atoms with Crippen molar-refractivity contribution >= 4 is 5.97 Å². The summed E-state index contributed by atoms with van der Waals surface area (Å²) in [7, 11) is 1.25. The van der Waals surface area contributed by atoms with E-state index in [1.54, 1.807) is 36.4 Å². The van der Waals surface area contributed by atoms with E-state index in [1.165, 1.54) is 19.2 Å². The molecule has 9 heteroatoms. The van der Waals surface area contributed by atoms with Gasteiger partial charge in [-0.25, -0.2) is 9.78 Å². The molecule has 0 radical (unpaired) electrons. The van der Waals surface area contributed by atoms with Gasteiger partial charge in [-0.3, -0.25) is 0 Å². The lowest BCUT2D eigenvalue weighted by atomic mass is 10.0. The van der Waals surface area contributed by atoms with Gasteiger partial charge >= 0.3 is 12.1 Å². The number of aromatic nitrogens is 1. The smallest absolute Gasteiger partial charge is 0.416 e. The molecule has 1 atom stereocenters. The number of halogens is 3. The first kappa shape index (κ1) is 21.8. The highest BCUT2D eigenvalue weighted by molar-refractivity contribution is 5.87. The van der Waals surface area contributed by atoms with Gasteiger partial charge in [-0.1, -0.05) is 6.07 Å². The molecule has 2 aromatic carbocycles. The maximum Gasteiger partial charge on any atom is 0.416 e. The summed E-state index contributed by atoms with van der Waals surface area (Å²) in [6, 6.07) is 15.3. The second-order valence-electron chi connectivity index (χ2n) is 6.31. The number of ether oxygens (including phenoxy) is 2. The zero-order valence-electron chi connectivity index (χ0n) is 16.1. The second kappa shape index (κ2) is 8.85. The largest absolute Gasteiger partial charge is 0.464 e. The van der Waals surface area contributed by atoms with Crippen LogP contribution >= 0.6 is 0 Å². The van der Waals surface area contributed by atoms with E-state index in [0.29, 0.717) is 17.3 Å². The predicted octanol–water partition coefficient (Wildman–Crippen LogP) is 4.90. The van der Waals surface area contributed by atoms with E-state index >= 15 is 0 Å². The van der Waals surface area contributed by atoms with Gasteiger partial charge in [0.25, 0.3) is 0 Å². The first-order valence-corrected chi connectivity index (χ1v) is 8.85. The first-order valence-electron chi connectivity index (χ1n) is 8.85. The van der Waals surface area contributed by atoms with Gasteiger partial charge in [0.2, 0.25) is 0 Å². The standard InChI is InChI=1S/C22H15F3N2O4/c1-30-21(29)18-4-2-3-17(27-18)13-5-8-15(9-6-13)31-20-10-7-14(22(23,24)25)11-16(20)19(28)12-26/h2-11,19,28H,1H3. The summed E-state index contributed by atoms with van der Waals surface area (Å²) < 4.78 is 49.1. The number of nitrogens with zero attached hydrogens (tertiary/aromatic N) is 2. The van der Waals surface area contributed by atoms with Crippen molar-refractivity contribution in [2.75, 3.05) is 7.11 Å². The number of aliphatic hydroxyl groups is 1. The Morgan fingerprint density at radius 1 is 1.13 bits per heavy atom. The van der Waals surface area contributed by atoms with E-state index in [-0.39, 0.29) is 22.8 Å². The number of methoxy groups -OCH3 is 1. The highest BCUT2D eigenvalue weighted by Gasteiger charge is 2.32. The quantitative estimate of drug-likeness (QED) is 0.459. The van der Waals surface area contributed by atoms with Crippen molar-refractivity contribution in [3.05, 3.63) is 77.5 Å². The minimum absolute atomic E-state index is 0.0828. The highest BCUT2D eigenvalue weighted by Crippen LogP contribution is 2.36. The van der Waals surface area contributed by atoms with Gasteiger partial charge in [0.15, 0.2) is 6.10 Å². The summed E-state index contributed by atoms with van der Waals surface area (Å²) in [5.74, 6) is -0.396. The molecule has 0 aliphatic rings. The van der Waals surface area contributed by atoms with E-state index in [1.807, 2.05) is 0 Å². The number of hydrogen-bond acceptors (Lipinski definition) is 6. The molecule has 1 heterocycles. The Morgan fingerprint density at radius 2 is 1.84 bits per heavy atom. The molecule has 0 spiro atoms. The van der Waals surface area contributed by atoms with Crippen molar-refractivity contribution in [1.82, 2.24) is 4.98 Å². The topological polar surface area (TPSA) is 92.4 Å². The normalized spacial score (nSPS) is 12.0. The number of esters is 1. The number of nitriles is 1. The summed E-state index contributed by atoms with van der Waals surface area (Å²) in [6.07, 6.45) is -6.42. The van der Waals surface area contributed by atoms with Gasteiger partial charge in [-0.05, 0) is 54.6 Å². The van der Waals surface area contributed by atoms with Crippen molar-refractivity contribution in [3.63, 3.8) is 0 Å². The van der Waals surface area contributed by atoms with Crippen LogP contribution in [0.4, 0.5) is 13.2 Å². The molecular formula is C22H15F3N2O4. The Balaban J connectivity index is 1.88. The van der Waals surface area contributed by atoms with Crippen LogP contribution in [0.2, 0.25) is 0 Å². The van der Waals surface area contributed by atoms with E-state index in [9.17, 15) is 23.1 Å². The van der Waals surface area contributed by atoms with Crippen molar-refractivity contribution in [2.45, 2.75) is 12.3 Å². The van der Waals surface area contributed by atoms with Crippen molar-refractivity contribution < 1.29 is 32.5 Å². The SMILES string of the molecule is COC(=O)c1cccc(-c2ccc(Oc3ccc(C(F)(F)F)cc3C(O)C#N)cc2)n1. The van der Waals surface area contributed by atoms with Gasteiger partial charge in [-0.15, -0.1) is 0 Å². The minimum atomic E-state index is -4.63. The molecular weight excluding hydrogens is 413 g/mol. The first-order chi connectivity index (χ1) is 14.7. The van der Waals surface area contributed by atoms with Crippen LogP contribution in [-0.2, 0) is 10.9 Å². The van der Waals surface area contributed by atoms with Crippen LogP contribution in [-0.4, -0.2) is 23.2 Å². The van der Waals surface area contributed by atoms with Crippen LogP contribution in [0, 0.1) is 11.3 Å². The number of carbonyl (C=O) groups excluding carboxylic acids is 1. The van der Waals surface area contributed by atoms with Gasteiger partial charge < -0.3 is 14.6 Å². The molecule has 6 nitrogen and oxygen atoms in total. The summed E-state index contributed by atoms with van der Waals surface area (Å²) in [5.41, 5.74) is -0.00232. The van der Waals surface area contributed by atoms with Crippen molar-refractivity contribution in [1.29, 1.82) is 5.26 Å². The fourth-order valence-electron chi connectivity index (χ4n) is 2.74. The van der Waals surface area contributed by atoms with Gasteiger partial charge in [-0.2, -0.15) is 18.4 Å². The van der Waals surface area contributed by atoms with Crippen LogP contribution in [0.15, 0.2) is 60.7 Å². The molecule has 1 unspecified atom stereocenters. The van der Waals surface area contributed by atoms with E-state index in [0.717, 1.165) is 12.1 Å². The molecule has 31 heavy (non-hydrogen) atoms. The van der Waals surface area contributed by atoms with Crippen molar-refractivity contribution in [3.8, 4) is 28.8 Å². The molecule has 1 N–H and O–H groups in total. The molecule has 0 bridgehead atoms. The summed E-state index contributed by atoms with van der Waals surface area (Å²) in [6.45, 7) is 0. The Morgan fingerprint density at radius 3 is 2.45 bits per heavy atom. The Kier molecular flexibility index (Phi) is 6.22. The van der Waals surface area contributed by atoms with E-state index in [2.05, 4.69) is 9.72 Å². The number of rotatable bonds is 5. The number of carbonyl (C=O) groups is 1. The minimum Gasteiger partial charge on any atom is -0.464 e. The van der Waals surface area contributed by atoms with Crippen LogP contribution in [0.5, 0.6) is 11.5 Å². The molecule has 0 aliphatic carbocycles. The molecule has 3 aromatic rings. The summed E-state index contributed by atoms with van der Waals surface area (Å²) in [4.78, 5) is 15.9. The van der Waals surface area contributed by atoms with E-state index in [4.69, 9.17) is 10.00 Å². The number of pyridine rings is 1. The number of hydrogen-bond donors (Lipinski definition) is 1. The highest BCUT2D eigenvalue weighted by atomic mass is 19.4. The van der Waals surface area contributed by atoms with Crippen LogP contribution in [0.25, 0.3) is 11.3 Å². The third-order valence-corrected chi connectivity index (χ3v) is 4.28. The van der Waals surface area contributed by atoms with Crippen LogP contribution < -0.4 is 4.74 Å². The molecule has 3 rings (SSSR count). The summed E-state index contributed by atoms with van der Waals surface area (Å²) >= 11 is 0. The lowest BCUT2D eigenvalue weighted by molar-refractivity contribution is -0.137. The third kappa shape index (κ3) is 4.99. The molecule has 158 valence electrons. The summed E-state index contributed by atoms with van der Waals surface area (Å²) in [5, 5.41) is 18.7. The van der Waals surface area contributed by atoms with E-state index < -0.39 is 23.8 Å². The van der Waals surface area contributed by atoms with Gasteiger partial charge in [0, 0.05) is 11.1 Å². The predicted molar refractivity (Wildman–Crippen MR) is 103 cm³/mol. The Labute approximate surface area is 175 Å². The molecule has 0 saturated carbocycles. The maximum absolute atomic E-state index is 13.0. The Hall–Kier alpha value is -3.90.